The Balaban J connectivity index is -0.0000000457. The third-order valence-corrected chi connectivity index (χ3v) is 0.500. The molecule has 0 nitrogen and oxygen atoms in total. The lowest BCUT2D eigenvalue weighted by Crippen LogP contribution is -1.93. The van der Waals surface area contributed by atoms with Gasteiger partial charge in [-0.3, -0.25) is 0 Å². The van der Waals surface area contributed by atoms with Gasteiger partial charge in [-0.2, -0.15) is 0 Å². The molecular weight excluding hydrogens is 156 g/mol. The fraction of sp³-hybridized carbons (Fsp3) is 0.846. The zero-order valence-corrected chi connectivity index (χ0v) is 11.3. The van der Waals surface area contributed by atoms with E-state index in [9.17, 15) is 0 Å². The number of hydrogen-bond acceptors (Lipinski definition) is 0. The van der Waals surface area contributed by atoms with Crippen molar-refractivity contribution in [1.82, 2.24) is 0 Å². The summed E-state index contributed by atoms with van der Waals surface area (Å²) in [6, 6.07) is 0. The number of rotatable bonds is 1. The van der Waals surface area contributed by atoms with Crippen LogP contribution in [0.5, 0.6) is 0 Å². The molecule has 0 heteroatoms. The maximum Gasteiger partial charge on any atom is -0.0411 e. The highest BCUT2D eigenvalue weighted by atomic mass is 14.0. The van der Waals surface area contributed by atoms with Crippen LogP contribution in [0.4, 0.5) is 0 Å². The molecule has 0 aliphatic heterocycles. The van der Waals surface area contributed by atoms with E-state index in [1.807, 2.05) is 13.8 Å². The van der Waals surface area contributed by atoms with E-state index in [-0.39, 0.29) is 0 Å². The van der Waals surface area contributed by atoms with Gasteiger partial charge in [0, 0.05) is 0 Å². The highest BCUT2D eigenvalue weighted by Gasteiger charge is 1.95. The van der Waals surface area contributed by atoms with Crippen molar-refractivity contribution < 1.29 is 0 Å². The zero-order valence-electron chi connectivity index (χ0n) is 11.3. The Bertz CT molecular complexity index is 39.5. The molecule has 0 unspecified atom stereocenters. The molecule has 0 aliphatic carbocycles. The Morgan fingerprint density at radius 1 is 0.769 bits per heavy atom. The molecule has 0 bridgehead atoms. The van der Waals surface area contributed by atoms with Crippen molar-refractivity contribution in [3.63, 3.8) is 0 Å². The van der Waals surface area contributed by atoms with Crippen molar-refractivity contribution in [2.45, 2.75) is 68.2 Å². The predicted octanol–water partition coefficient (Wildman–Crippen LogP) is 5.69. The maximum atomic E-state index is 3.00. The van der Waals surface area contributed by atoms with E-state index >= 15 is 0 Å². The lowest BCUT2D eigenvalue weighted by Gasteiger charge is -2.05. The van der Waals surface area contributed by atoms with Crippen LogP contribution in [0.15, 0.2) is 13.2 Å². The van der Waals surface area contributed by atoms with Gasteiger partial charge in [0.1, 0.15) is 0 Å². The van der Waals surface area contributed by atoms with Gasteiger partial charge in [0.15, 0.2) is 0 Å². The molecule has 0 heterocycles. The van der Waals surface area contributed by atoms with Gasteiger partial charge in [0.2, 0.25) is 0 Å². The van der Waals surface area contributed by atoms with Crippen LogP contribution < -0.4 is 0 Å². The minimum absolute atomic E-state index is 0.500. The molecule has 0 aromatic rings. The van der Waals surface area contributed by atoms with Crippen LogP contribution in [0.25, 0.3) is 0 Å². The second-order valence-corrected chi connectivity index (χ2v) is 4.00. The minimum atomic E-state index is 0.500. The summed E-state index contributed by atoms with van der Waals surface area (Å²) in [5.74, 6) is 0. The topological polar surface area (TPSA) is 0 Å². The predicted molar refractivity (Wildman–Crippen MR) is 68.3 cm³/mol. The molecule has 0 saturated heterocycles. The van der Waals surface area contributed by atoms with Crippen LogP contribution in [0.1, 0.15) is 68.2 Å². The second kappa shape index (κ2) is 22.6. The molecule has 0 aliphatic rings. The Morgan fingerprint density at radius 2 is 0.846 bits per heavy atom. The molecule has 0 aromatic heterocycles. The number of hydrogen-bond donors (Lipinski definition) is 0. The first kappa shape index (κ1) is 23.0. The van der Waals surface area contributed by atoms with Gasteiger partial charge >= 0.3 is 0 Å². The van der Waals surface area contributed by atoms with Gasteiger partial charge in [0.25, 0.3) is 0 Å². The molecule has 0 amide bonds. The Labute approximate surface area is 87.4 Å². The van der Waals surface area contributed by atoms with E-state index in [4.69, 9.17) is 0 Å². The summed E-state index contributed by atoms with van der Waals surface area (Å²) in [5, 5.41) is 0. The summed E-state index contributed by atoms with van der Waals surface area (Å²) < 4.78 is 0. The smallest absolute Gasteiger partial charge is 0.0411 e. The quantitative estimate of drug-likeness (QED) is 0.464. The largest absolute Gasteiger partial charge is 0.106 e. The summed E-state index contributed by atoms with van der Waals surface area (Å²) in [7, 11) is 0. The van der Waals surface area contributed by atoms with Gasteiger partial charge in [-0.1, -0.05) is 68.2 Å². The molecule has 0 radical (unpaired) electrons. The van der Waals surface area contributed by atoms with E-state index in [0.717, 1.165) is 0 Å². The Kier molecular flexibility index (Phi) is 40.0. The van der Waals surface area contributed by atoms with Crippen LogP contribution in [0.2, 0.25) is 0 Å². The highest BCUT2D eigenvalue weighted by Crippen LogP contribution is 2.07. The first-order valence-corrected chi connectivity index (χ1v) is 5.41. The standard InChI is InChI=1S/C5H12.C4H10.C2H6.C2H4/c1-5(2,3)4;1-3-4-2;2*1-2/h1-4H3;3-4H2,1-2H3;1-2H3;1-2H2. The van der Waals surface area contributed by atoms with E-state index in [1.54, 1.807) is 0 Å². The maximum absolute atomic E-state index is 3.00. The minimum Gasteiger partial charge on any atom is -0.106 e. The molecule has 0 rings (SSSR count). The van der Waals surface area contributed by atoms with Crippen molar-refractivity contribution in [3.05, 3.63) is 13.2 Å². The molecule has 0 N–H and O–H groups in total. The first-order valence-electron chi connectivity index (χ1n) is 5.41. The van der Waals surface area contributed by atoms with Gasteiger partial charge in [0.05, 0.1) is 0 Å². The molecule has 0 atom stereocenters. The van der Waals surface area contributed by atoms with Crippen LogP contribution >= 0.6 is 0 Å². The van der Waals surface area contributed by atoms with Crippen LogP contribution in [-0.4, -0.2) is 0 Å². The lowest BCUT2D eigenvalue weighted by atomic mass is 10.0. The van der Waals surface area contributed by atoms with Crippen molar-refractivity contribution in [3.8, 4) is 0 Å². The van der Waals surface area contributed by atoms with Crippen molar-refractivity contribution >= 4 is 0 Å². The molecule has 13 heavy (non-hydrogen) atoms. The monoisotopic (exact) mass is 188 g/mol. The molecule has 0 fully saturated rings. The van der Waals surface area contributed by atoms with E-state index in [2.05, 4.69) is 54.7 Å². The van der Waals surface area contributed by atoms with Crippen LogP contribution in [-0.2, 0) is 0 Å². The summed E-state index contributed by atoms with van der Waals surface area (Å²) in [6.45, 7) is 23.1. The van der Waals surface area contributed by atoms with Gasteiger partial charge in [-0.25, -0.2) is 0 Å². The fourth-order valence-corrected chi connectivity index (χ4v) is 0. The van der Waals surface area contributed by atoms with Crippen LogP contribution in [0.3, 0.4) is 0 Å². The first-order chi connectivity index (χ1) is 5.91. The van der Waals surface area contributed by atoms with Gasteiger partial charge < -0.3 is 0 Å². The van der Waals surface area contributed by atoms with Crippen molar-refractivity contribution in [2.75, 3.05) is 0 Å². The van der Waals surface area contributed by atoms with E-state index in [1.165, 1.54) is 12.8 Å². The van der Waals surface area contributed by atoms with Crippen LogP contribution in [0, 0.1) is 5.41 Å². The van der Waals surface area contributed by atoms with Gasteiger partial charge in [-0.05, 0) is 5.41 Å². The van der Waals surface area contributed by atoms with Gasteiger partial charge in [-0.15, -0.1) is 13.2 Å². The second-order valence-electron chi connectivity index (χ2n) is 4.00. The normalized spacial score (nSPS) is 7.69. The Hall–Kier alpha value is -0.260. The summed E-state index contributed by atoms with van der Waals surface area (Å²) in [6.07, 6.45) is 2.64. The summed E-state index contributed by atoms with van der Waals surface area (Å²) >= 11 is 0. The third kappa shape index (κ3) is 2030. The Morgan fingerprint density at radius 3 is 0.846 bits per heavy atom. The molecule has 84 valence electrons. The molecule has 0 saturated carbocycles. The lowest BCUT2D eigenvalue weighted by molar-refractivity contribution is 0.469. The molecule has 0 spiro atoms. The third-order valence-electron chi connectivity index (χ3n) is 0.500. The zero-order chi connectivity index (χ0) is 11.9. The van der Waals surface area contributed by atoms with Crippen molar-refractivity contribution in [2.24, 2.45) is 5.41 Å². The average Bonchev–Trinajstić information content (AvgIpc) is 2.08. The average molecular weight is 188 g/mol. The fourth-order valence-electron chi connectivity index (χ4n) is 0. The highest BCUT2D eigenvalue weighted by molar-refractivity contribution is 4.47. The SMILES string of the molecule is C=C.CC.CC(C)(C)C.CCCC. The summed E-state index contributed by atoms with van der Waals surface area (Å²) in [5.41, 5.74) is 0.500. The summed E-state index contributed by atoms with van der Waals surface area (Å²) in [4.78, 5) is 0. The molecule has 0 aromatic carbocycles. The van der Waals surface area contributed by atoms with E-state index in [0.29, 0.717) is 5.41 Å². The van der Waals surface area contributed by atoms with E-state index < -0.39 is 0 Å². The van der Waals surface area contributed by atoms with Crippen molar-refractivity contribution in [1.29, 1.82) is 0 Å². The molecular formula is C13H32. The number of unbranched alkanes of at least 4 members (excludes halogenated alkanes) is 1.